The van der Waals surface area contributed by atoms with Crippen LogP contribution in [-0.2, 0) is 24.9 Å². The number of imidazole rings is 1. The van der Waals surface area contributed by atoms with Gasteiger partial charge in [-0.15, -0.1) is 11.3 Å². The number of hydrogen-bond donors (Lipinski definition) is 0. The molecular weight excluding hydrogens is 320 g/mol. The molecule has 5 nitrogen and oxygen atoms in total. The Morgan fingerprint density at radius 2 is 2.12 bits per heavy atom. The zero-order valence-electron chi connectivity index (χ0n) is 14.4. The Bertz CT molecular complexity index is 656. The molecular formula is C18H26N4OS. The van der Waals surface area contributed by atoms with Crippen LogP contribution in [0.25, 0.3) is 0 Å². The molecule has 0 aromatic carbocycles. The van der Waals surface area contributed by atoms with Gasteiger partial charge in [0.1, 0.15) is 5.82 Å². The normalized spacial score (nSPS) is 26.2. The molecule has 2 aliphatic heterocycles. The van der Waals surface area contributed by atoms with E-state index in [2.05, 4.69) is 43.9 Å². The molecule has 0 amide bonds. The van der Waals surface area contributed by atoms with Gasteiger partial charge in [-0.3, -0.25) is 9.80 Å². The van der Waals surface area contributed by atoms with Gasteiger partial charge in [0, 0.05) is 55.9 Å². The molecule has 2 aliphatic rings. The highest BCUT2D eigenvalue weighted by atomic mass is 32.1. The van der Waals surface area contributed by atoms with Gasteiger partial charge in [-0.05, 0) is 24.4 Å². The third kappa shape index (κ3) is 3.57. The number of aryl methyl sites for hydroxylation is 1. The van der Waals surface area contributed by atoms with Gasteiger partial charge in [0.05, 0.1) is 19.8 Å². The maximum absolute atomic E-state index is 6.00. The first-order chi connectivity index (χ1) is 11.7. The van der Waals surface area contributed by atoms with Crippen molar-refractivity contribution >= 4 is 11.3 Å². The molecule has 1 spiro atoms. The molecule has 24 heavy (non-hydrogen) atoms. The van der Waals surface area contributed by atoms with Crippen molar-refractivity contribution in [2.24, 2.45) is 12.5 Å². The summed E-state index contributed by atoms with van der Waals surface area (Å²) in [6.45, 7) is 8.18. The molecule has 2 saturated heterocycles. The Kier molecular flexibility index (Phi) is 4.72. The summed E-state index contributed by atoms with van der Waals surface area (Å²) in [4.78, 5) is 11.1. The monoisotopic (exact) mass is 346 g/mol. The smallest absolute Gasteiger partial charge is 0.122 e. The molecule has 4 rings (SSSR count). The van der Waals surface area contributed by atoms with Crippen molar-refractivity contribution in [1.82, 2.24) is 19.4 Å². The largest absolute Gasteiger partial charge is 0.379 e. The van der Waals surface area contributed by atoms with Gasteiger partial charge in [-0.2, -0.15) is 0 Å². The maximum atomic E-state index is 6.00. The summed E-state index contributed by atoms with van der Waals surface area (Å²) in [5.41, 5.74) is 0.277. The lowest BCUT2D eigenvalue weighted by Crippen LogP contribution is -2.40. The van der Waals surface area contributed by atoms with E-state index in [1.54, 1.807) is 0 Å². The van der Waals surface area contributed by atoms with Gasteiger partial charge >= 0.3 is 0 Å². The Labute approximate surface area is 147 Å². The first kappa shape index (κ1) is 16.3. The van der Waals surface area contributed by atoms with Gasteiger partial charge in [-0.1, -0.05) is 6.07 Å². The summed E-state index contributed by atoms with van der Waals surface area (Å²) in [7, 11) is 2.08. The molecule has 0 aliphatic carbocycles. The van der Waals surface area contributed by atoms with Crippen molar-refractivity contribution in [3.63, 3.8) is 0 Å². The van der Waals surface area contributed by atoms with Gasteiger partial charge in [-0.25, -0.2) is 4.98 Å². The van der Waals surface area contributed by atoms with Crippen LogP contribution in [0.1, 0.15) is 17.1 Å². The van der Waals surface area contributed by atoms with E-state index in [1.165, 1.54) is 11.3 Å². The second-order valence-corrected chi connectivity index (χ2v) is 8.29. The van der Waals surface area contributed by atoms with Crippen LogP contribution in [0.5, 0.6) is 0 Å². The highest BCUT2D eigenvalue weighted by Gasteiger charge is 2.41. The van der Waals surface area contributed by atoms with E-state index < -0.39 is 0 Å². The van der Waals surface area contributed by atoms with E-state index in [9.17, 15) is 0 Å². The quantitative estimate of drug-likeness (QED) is 0.850. The number of aromatic nitrogens is 2. The number of likely N-dealkylation sites (tertiary alicyclic amines) is 1. The van der Waals surface area contributed by atoms with Gasteiger partial charge in [0.2, 0.25) is 0 Å². The zero-order chi connectivity index (χ0) is 16.4. The Morgan fingerprint density at radius 1 is 1.25 bits per heavy atom. The lowest BCUT2D eigenvalue weighted by molar-refractivity contribution is 0.0704. The molecule has 4 heterocycles. The van der Waals surface area contributed by atoms with Gasteiger partial charge in [0.25, 0.3) is 0 Å². The van der Waals surface area contributed by atoms with Crippen LogP contribution in [-0.4, -0.2) is 58.7 Å². The molecule has 130 valence electrons. The fourth-order valence-corrected chi connectivity index (χ4v) is 4.74. The molecule has 0 radical (unpaired) electrons. The minimum Gasteiger partial charge on any atom is -0.379 e. The Morgan fingerprint density at radius 3 is 2.88 bits per heavy atom. The minimum absolute atomic E-state index is 0.277. The summed E-state index contributed by atoms with van der Waals surface area (Å²) in [6, 6.07) is 4.39. The van der Waals surface area contributed by atoms with E-state index in [0.717, 1.165) is 58.3 Å². The van der Waals surface area contributed by atoms with Crippen molar-refractivity contribution in [1.29, 1.82) is 0 Å². The van der Waals surface area contributed by atoms with Crippen LogP contribution >= 0.6 is 11.3 Å². The van der Waals surface area contributed by atoms with Crippen LogP contribution in [0, 0.1) is 5.41 Å². The van der Waals surface area contributed by atoms with Crippen LogP contribution in [0.3, 0.4) is 0 Å². The molecule has 1 atom stereocenters. The van der Waals surface area contributed by atoms with Gasteiger partial charge < -0.3 is 9.30 Å². The fraction of sp³-hybridized carbons (Fsp3) is 0.611. The van der Waals surface area contributed by atoms with Crippen LogP contribution < -0.4 is 0 Å². The molecule has 6 heteroatoms. The average molecular weight is 347 g/mol. The number of hydrogen-bond acceptors (Lipinski definition) is 5. The second-order valence-electron chi connectivity index (χ2n) is 7.26. The Balaban J connectivity index is 1.41. The third-order valence-electron chi connectivity index (χ3n) is 5.28. The molecule has 0 saturated carbocycles. The first-order valence-corrected chi connectivity index (χ1v) is 9.62. The first-order valence-electron chi connectivity index (χ1n) is 8.74. The highest BCUT2D eigenvalue weighted by molar-refractivity contribution is 7.09. The lowest BCUT2D eigenvalue weighted by Gasteiger charge is -2.31. The van der Waals surface area contributed by atoms with E-state index in [0.29, 0.717) is 0 Å². The molecule has 0 N–H and O–H groups in total. The van der Waals surface area contributed by atoms with E-state index >= 15 is 0 Å². The fourth-order valence-electron chi connectivity index (χ4n) is 4.00. The van der Waals surface area contributed by atoms with Crippen molar-refractivity contribution < 1.29 is 4.74 Å². The molecule has 2 fully saturated rings. The Hall–Kier alpha value is -1.21. The highest BCUT2D eigenvalue weighted by Crippen LogP contribution is 2.34. The van der Waals surface area contributed by atoms with Crippen LogP contribution in [0.2, 0.25) is 0 Å². The molecule has 2 aromatic rings. The molecule has 0 unspecified atom stereocenters. The standard InChI is InChI=1S/C18H26N4OS/c1-20-7-5-19-17(20)12-21-6-4-18(13-21)14-22(8-9-23-15-18)11-16-3-2-10-24-16/h2-3,5,7,10H,4,6,8-9,11-15H2,1H3/t18-/m1/s1. The van der Waals surface area contributed by atoms with Crippen molar-refractivity contribution in [3.05, 3.63) is 40.6 Å². The minimum atomic E-state index is 0.277. The second kappa shape index (κ2) is 6.96. The van der Waals surface area contributed by atoms with Crippen molar-refractivity contribution in [2.75, 3.05) is 39.4 Å². The van der Waals surface area contributed by atoms with Crippen LogP contribution in [0.4, 0.5) is 0 Å². The van der Waals surface area contributed by atoms with Gasteiger partial charge in [0.15, 0.2) is 0 Å². The van der Waals surface area contributed by atoms with E-state index in [1.807, 2.05) is 23.7 Å². The summed E-state index contributed by atoms with van der Waals surface area (Å²) >= 11 is 1.86. The van der Waals surface area contributed by atoms with Crippen LogP contribution in [0.15, 0.2) is 29.9 Å². The maximum Gasteiger partial charge on any atom is 0.122 e. The SMILES string of the molecule is Cn1ccnc1CN1CC[C@@]2(COCCN(Cc3cccs3)C2)C1. The predicted molar refractivity (Wildman–Crippen MR) is 96.0 cm³/mol. The molecule has 0 bridgehead atoms. The number of rotatable bonds is 4. The van der Waals surface area contributed by atoms with E-state index in [-0.39, 0.29) is 5.41 Å². The van der Waals surface area contributed by atoms with E-state index in [4.69, 9.17) is 4.74 Å². The lowest BCUT2D eigenvalue weighted by atomic mass is 9.87. The number of nitrogens with zero attached hydrogens (tertiary/aromatic N) is 4. The number of thiophene rings is 1. The topological polar surface area (TPSA) is 33.5 Å². The zero-order valence-corrected chi connectivity index (χ0v) is 15.2. The summed E-state index contributed by atoms with van der Waals surface area (Å²) in [5, 5.41) is 2.17. The summed E-state index contributed by atoms with van der Waals surface area (Å²) < 4.78 is 8.13. The number of ether oxygens (including phenoxy) is 1. The molecule has 2 aromatic heterocycles. The van der Waals surface area contributed by atoms with Crippen molar-refractivity contribution in [2.45, 2.75) is 19.5 Å². The summed E-state index contributed by atoms with van der Waals surface area (Å²) in [5.74, 6) is 1.15. The third-order valence-corrected chi connectivity index (χ3v) is 6.14. The average Bonchev–Trinajstić information content (AvgIpc) is 3.26. The van der Waals surface area contributed by atoms with Crippen molar-refractivity contribution in [3.8, 4) is 0 Å². The summed E-state index contributed by atoms with van der Waals surface area (Å²) in [6.07, 6.45) is 5.13. The predicted octanol–water partition coefficient (Wildman–Crippen LogP) is 2.21.